The van der Waals surface area contributed by atoms with E-state index in [1.165, 1.54) is 12.4 Å². The first-order valence-electron chi connectivity index (χ1n) is 14.3. The molecule has 12 heteroatoms. The van der Waals surface area contributed by atoms with E-state index in [2.05, 4.69) is 38.5 Å². The van der Waals surface area contributed by atoms with Crippen LogP contribution in [0.25, 0.3) is 0 Å². The smallest absolute Gasteiger partial charge is 0.387 e. The SMILES string of the molecule is CC1C[C@@H](O)c2ncnc(N3CCN(C(=O)[C@H](CN4CCN(C(C)C)CC4)c4ccc(C(F)(F)F)c(F)c4)CC3)c21. The highest BCUT2D eigenvalue weighted by atomic mass is 19.4. The Bertz CT molecular complexity index is 1240. The monoisotopic (exact) mass is 578 g/mol. The maximum absolute atomic E-state index is 14.6. The summed E-state index contributed by atoms with van der Waals surface area (Å²) < 4.78 is 54.4. The van der Waals surface area contributed by atoms with Crippen molar-refractivity contribution >= 4 is 11.7 Å². The van der Waals surface area contributed by atoms with E-state index in [1.54, 1.807) is 4.90 Å². The number of amides is 1. The fourth-order valence-electron chi connectivity index (χ4n) is 6.34. The van der Waals surface area contributed by atoms with Gasteiger partial charge in [-0.3, -0.25) is 14.6 Å². The molecule has 41 heavy (non-hydrogen) atoms. The van der Waals surface area contributed by atoms with Crippen molar-refractivity contribution in [3.8, 4) is 0 Å². The molecule has 2 saturated heterocycles. The van der Waals surface area contributed by atoms with Crippen molar-refractivity contribution in [2.45, 2.75) is 57.3 Å². The van der Waals surface area contributed by atoms with Crippen molar-refractivity contribution in [2.24, 2.45) is 0 Å². The first-order valence-corrected chi connectivity index (χ1v) is 14.3. The lowest BCUT2D eigenvalue weighted by molar-refractivity contribution is -0.140. The quantitative estimate of drug-likeness (QED) is 0.525. The summed E-state index contributed by atoms with van der Waals surface area (Å²) in [6.45, 7) is 11.5. The minimum atomic E-state index is -4.81. The zero-order valence-corrected chi connectivity index (χ0v) is 23.7. The number of hydrogen-bond donors (Lipinski definition) is 1. The number of rotatable bonds is 6. The van der Waals surface area contributed by atoms with E-state index in [0.29, 0.717) is 50.9 Å². The third kappa shape index (κ3) is 6.19. The Hall–Kier alpha value is -2.83. The Morgan fingerprint density at radius 3 is 2.34 bits per heavy atom. The molecule has 0 spiro atoms. The second kappa shape index (κ2) is 11.8. The van der Waals surface area contributed by atoms with Gasteiger partial charge in [-0.25, -0.2) is 14.4 Å². The fraction of sp³-hybridized carbons (Fsp3) is 0.621. The summed E-state index contributed by atoms with van der Waals surface area (Å²) in [5.74, 6) is -1.48. The van der Waals surface area contributed by atoms with Crippen LogP contribution in [-0.4, -0.2) is 101 Å². The van der Waals surface area contributed by atoms with Gasteiger partial charge in [-0.05, 0) is 43.9 Å². The summed E-state index contributed by atoms with van der Waals surface area (Å²) in [5, 5.41) is 10.4. The van der Waals surface area contributed by atoms with Gasteiger partial charge in [0, 0.05) is 70.5 Å². The van der Waals surface area contributed by atoms with E-state index in [0.717, 1.165) is 49.7 Å². The number of anilines is 1. The van der Waals surface area contributed by atoms with Crippen LogP contribution in [0.15, 0.2) is 24.5 Å². The van der Waals surface area contributed by atoms with Crippen molar-refractivity contribution in [1.29, 1.82) is 0 Å². The summed E-state index contributed by atoms with van der Waals surface area (Å²) in [6, 6.07) is 3.26. The predicted molar refractivity (Wildman–Crippen MR) is 146 cm³/mol. The van der Waals surface area contributed by atoms with Crippen LogP contribution < -0.4 is 4.90 Å². The van der Waals surface area contributed by atoms with Crippen LogP contribution in [0, 0.1) is 5.82 Å². The molecule has 224 valence electrons. The number of piperazine rings is 2. The molecule has 3 aliphatic rings. The van der Waals surface area contributed by atoms with Gasteiger partial charge in [0.05, 0.1) is 23.3 Å². The normalized spacial score (nSPS) is 23.2. The second-order valence-corrected chi connectivity index (χ2v) is 11.7. The lowest BCUT2D eigenvalue weighted by Gasteiger charge is -2.40. The van der Waals surface area contributed by atoms with Gasteiger partial charge in [-0.15, -0.1) is 0 Å². The molecule has 0 saturated carbocycles. The maximum Gasteiger partial charge on any atom is 0.419 e. The molecule has 3 heterocycles. The van der Waals surface area contributed by atoms with Gasteiger partial charge in [0.25, 0.3) is 0 Å². The van der Waals surface area contributed by atoms with Gasteiger partial charge in [0.15, 0.2) is 0 Å². The molecule has 1 aromatic heterocycles. The summed E-state index contributed by atoms with van der Waals surface area (Å²) >= 11 is 0. The number of aliphatic hydroxyl groups excluding tert-OH is 1. The topological polar surface area (TPSA) is 76.0 Å². The van der Waals surface area contributed by atoms with Crippen LogP contribution in [0.2, 0.25) is 0 Å². The lowest BCUT2D eigenvalue weighted by atomic mass is 9.94. The lowest BCUT2D eigenvalue weighted by Crippen LogP contribution is -2.53. The first kappa shape index (κ1) is 29.7. The largest absolute Gasteiger partial charge is 0.419 e. The number of fused-ring (bicyclic) bond motifs is 1. The highest BCUT2D eigenvalue weighted by molar-refractivity contribution is 5.84. The highest BCUT2D eigenvalue weighted by Gasteiger charge is 2.38. The van der Waals surface area contributed by atoms with Crippen LogP contribution >= 0.6 is 0 Å². The number of aliphatic hydroxyl groups is 1. The van der Waals surface area contributed by atoms with E-state index in [4.69, 9.17) is 0 Å². The van der Waals surface area contributed by atoms with E-state index in [9.17, 15) is 27.5 Å². The van der Waals surface area contributed by atoms with Gasteiger partial charge in [0.1, 0.15) is 18.0 Å². The standard InChI is InChI=1S/C29H38F4N6O2/c1-18(2)37-8-6-36(7-9-37)16-21(20-4-5-22(23(30)15-20)29(31,32)33)28(41)39-12-10-38(11-13-39)27-25-19(3)14-24(40)26(25)34-17-35-27/h4-5,15,17-19,21,24,40H,6-14,16H2,1-3H3/t19?,21-,24-/m1/s1. The average Bonchev–Trinajstić information content (AvgIpc) is 3.24. The number of hydrogen-bond acceptors (Lipinski definition) is 7. The summed E-state index contributed by atoms with van der Waals surface area (Å²) in [7, 11) is 0. The van der Waals surface area contributed by atoms with Crippen LogP contribution in [0.5, 0.6) is 0 Å². The van der Waals surface area contributed by atoms with Crippen molar-refractivity contribution < 1.29 is 27.5 Å². The predicted octanol–water partition coefficient (Wildman–Crippen LogP) is 3.63. The summed E-state index contributed by atoms with van der Waals surface area (Å²) in [4.78, 5) is 31.0. The van der Waals surface area contributed by atoms with Gasteiger partial charge in [-0.1, -0.05) is 13.0 Å². The Balaban J connectivity index is 1.33. The Kier molecular flexibility index (Phi) is 8.54. The van der Waals surface area contributed by atoms with Crippen molar-refractivity contribution in [1.82, 2.24) is 24.7 Å². The number of halogens is 4. The van der Waals surface area contributed by atoms with E-state index >= 15 is 0 Å². The molecule has 2 aliphatic heterocycles. The summed E-state index contributed by atoms with van der Waals surface area (Å²) in [5.41, 5.74) is 0.523. The van der Waals surface area contributed by atoms with E-state index < -0.39 is 29.6 Å². The van der Waals surface area contributed by atoms with E-state index in [1.807, 2.05) is 6.92 Å². The van der Waals surface area contributed by atoms with Crippen LogP contribution in [0.1, 0.15) is 67.5 Å². The molecule has 1 aromatic carbocycles. The van der Waals surface area contributed by atoms with Gasteiger partial charge < -0.3 is 14.9 Å². The fourth-order valence-corrected chi connectivity index (χ4v) is 6.34. The Labute approximate surface area is 238 Å². The number of aromatic nitrogens is 2. The minimum absolute atomic E-state index is 0.117. The minimum Gasteiger partial charge on any atom is -0.387 e. The van der Waals surface area contributed by atoms with Gasteiger partial charge in [0.2, 0.25) is 5.91 Å². The van der Waals surface area contributed by atoms with Crippen LogP contribution in [0.3, 0.4) is 0 Å². The Morgan fingerprint density at radius 1 is 1.05 bits per heavy atom. The molecule has 2 aromatic rings. The number of carbonyl (C=O) groups excluding carboxylic acids is 1. The number of carbonyl (C=O) groups is 1. The van der Waals surface area contributed by atoms with Crippen molar-refractivity contribution in [3.63, 3.8) is 0 Å². The zero-order valence-electron chi connectivity index (χ0n) is 23.7. The van der Waals surface area contributed by atoms with Crippen molar-refractivity contribution in [2.75, 3.05) is 63.8 Å². The maximum atomic E-state index is 14.6. The Morgan fingerprint density at radius 2 is 1.73 bits per heavy atom. The molecular formula is C29H38F4N6O2. The van der Waals surface area contributed by atoms with Crippen LogP contribution in [0.4, 0.5) is 23.4 Å². The molecule has 0 bridgehead atoms. The molecule has 0 radical (unpaired) electrons. The highest BCUT2D eigenvalue weighted by Crippen LogP contribution is 2.43. The molecule has 8 nitrogen and oxygen atoms in total. The molecule has 1 N–H and O–H groups in total. The van der Waals surface area contributed by atoms with Gasteiger partial charge in [-0.2, -0.15) is 13.2 Å². The number of alkyl halides is 3. The van der Waals surface area contributed by atoms with Crippen LogP contribution in [-0.2, 0) is 11.0 Å². The molecule has 2 fully saturated rings. The van der Waals surface area contributed by atoms with Gasteiger partial charge >= 0.3 is 6.18 Å². The third-order valence-corrected chi connectivity index (χ3v) is 8.75. The first-order chi connectivity index (χ1) is 19.4. The number of nitrogens with zero attached hydrogens (tertiary/aromatic N) is 6. The van der Waals surface area contributed by atoms with Crippen molar-refractivity contribution in [3.05, 3.63) is 52.7 Å². The third-order valence-electron chi connectivity index (χ3n) is 8.75. The molecule has 1 unspecified atom stereocenters. The molecule has 3 atom stereocenters. The second-order valence-electron chi connectivity index (χ2n) is 11.7. The number of benzene rings is 1. The molecule has 1 aliphatic carbocycles. The zero-order chi connectivity index (χ0) is 29.5. The van der Waals surface area contributed by atoms with E-state index in [-0.39, 0.29) is 17.4 Å². The molecule has 5 rings (SSSR count). The molecule has 1 amide bonds. The molecular weight excluding hydrogens is 540 g/mol. The average molecular weight is 579 g/mol. The summed E-state index contributed by atoms with van der Waals surface area (Å²) in [6.07, 6.45) is -3.37.